The third-order valence-electron chi connectivity index (χ3n) is 3.93. The summed E-state index contributed by atoms with van der Waals surface area (Å²) in [7, 11) is 0. The average Bonchev–Trinajstić information content (AvgIpc) is 2.82. The SMILES string of the molecule is Nc1noc(C2CCCCC2)c1-c1c(Cl)cccc1Cl. The molecular weight excluding hydrogens is 295 g/mol. The second-order valence-electron chi connectivity index (χ2n) is 5.24. The molecule has 0 atom stereocenters. The van der Waals surface area contributed by atoms with Crippen molar-refractivity contribution in [3.63, 3.8) is 0 Å². The molecule has 0 spiro atoms. The van der Waals surface area contributed by atoms with E-state index in [0.717, 1.165) is 29.7 Å². The molecule has 3 rings (SSSR count). The van der Waals surface area contributed by atoms with E-state index in [4.69, 9.17) is 33.5 Å². The number of halogens is 2. The molecule has 0 saturated heterocycles. The highest BCUT2D eigenvalue weighted by molar-refractivity contribution is 6.39. The van der Waals surface area contributed by atoms with E-state index < -0.39 is 0 Å². The Labute approximate surface area is 128 Å². The van der Waals surface area contributed by atoms with Crippen molar-refractivity contribution in [1.82, 2.24) is 5.16 Å². The van der Waals surface area contributed by atoms with Gasteiger partial charge >= 0.3 is 0 Å². The van der Waals surface area contributed by atoms with Crippen LogP contribution in [0.5, 0.6) is 0 Å². The van der Waals surface area contributed by atoms with Crippen LogP contribution in [-0.4, -0.2) is 5.16 Å². The van der Waals surface area contributed by atoms with Crippen LogP contribution in [-0.2, 0) is 0 Å². The van der Waals surface area contributed by atoms with Gasteiger partial charge in [-0.15, -0.1) is 0 Å². The Bertz CT molecular complexity index is 598. The summed E-state index contributed by atoms with van der Waals surface area (Å²) in [6.07, 6.45) is 5.90. The maximum absolute atomic E-state index is 6.29. The zero-order chi connectivity index (χ0) is 14.1. The summed E-state index contributed by atoms with van der Waals surface area (Å²) in [5.41, 5.74) is 7.50. The largest absolute Gasteiger partial charge is 0.380 e. The highest BCUT2D eigenvalue weighted by Crippen LogP contribution is 2.45. The molecule has 3 nitrogen and oxygen atoms in total. The van der Waals surface area contributed by atoms with E-state index in [1.54, 1.807) is 12.1 Å². The molecule has 106 valence electrons. The fraction of sp³-hybridized carbons (Fsp3) is 0.400. The van der Waals surface area contributed by atoms with Gasteiger partial charge in [0.25, 0.3) is 0 Å². The summed E-state index contributed by atoms with van der Waals surface area (Å²) in [5, 5.41) is 5.08. The monoisotopic (exact) mass is 310 g/mol. The Kier molecular flexibility index (Phi) is 3.90. The predicted molar refractivity (Wildman–Crippen MR) is 82.2 cm³/mol. The number of aromatic nitrogens is 1. The summed E-state index contributed by atoms with van der Waals surface area (Å²) in [6.45, 7) is 0. The Morgan fingerprint density at radius 1 is 1.05 bits per heavy atom. The van der Waals surface area contributed by atoms with Crippen LogP contribution in [0.3, 0.4) is 0 Å². The third-order valence-corrected chi connectivity index (χ3v) is 4.56. The van der Waals surface area contributed by atoms with Crippen molar-refractivity contribution >= 4 is 29.0 Å². The summed E-state index contributed by atoms with van der Waals surface area (Å²) < 4.78 is 5.51. The summed E-state index contributed by atoms with van der Waals surface area (Å²) in [6, 6.07) is 5.43. The summed E-state index contributed by atoms with van der Waals surface area (Å²) in [4.78, 5) is 0. The number of nitrogen functional groups attached to an aromatic ring is 1. The van der Waals surface area contributed by atoms with Crippen LogP contribution in [0.1, 0.15) is 43.8 Å². The number of rotatable bonds is 2. The maximum atomic E-state index is 6.29. The lowest BCUT2D eigenvalue weighted by molar-refractivity contribution is 0.323. The van der Waals surface area contributed by atoms with Crippen molar-refractivity contribution in [2.24, 2.45) is 0 Å². The quantitative estimate of drug-likeness (QED) is 0.821. The van der Waals surface area contributed by atoms with E-state index in [0.29, 0.717) is 21.8 Å². The van der Waals surface area contributed by atoms with Crippen molar-refractivity contribution in [2.75, 3.05) is 5.73 Å². The van der Waals surface area contributed by atoms with Crippen LogP contribution < -0.4 is 5.73 Å². The lowest BCUT2D eigenvalue weighted by atomic mass is 9.85. The van der Waals surface area contributed by atoms with Gasteiger partial charge in [-0.25, -0.2) is 0 Å². The van der Waals surface area contributed by atoms with Gasteiger partial charge in [0.2, 0.25) is 0 Å². The molecule has 0 radical (unpaired) electrons. The number of nitrogens with zero attached hydrogens (tertiary/aromatic N) is 1. The third kappa shape index (κ3) is 2.40. The molecule has 1 aliphatic carbocycles. The standard InChI is InChI=1S/C15H16Cl2N2O/c16-10-7-4-8-11(17)12(10)13-14(20-19-15(13)18)9-5-2-1-3-6-9/h4,7-9H,1-3,5-6H2,(H2,18,19). The molecule has 2 aromatic rings. The maximum Gasteiger partial charge on any atom is 0.175 e. The van der Waals surface area contributed by atoms with Crippen LogP contribution in [0.4, 0.5) is 5.82 Å². The van der Waals surface area contributed by atoms with Gasteiger partial charge in [-0.2, -0.15) is 0 Å². The molecule has 1 heterocycles. The van der Waals surface area contributed by atoms with E-state index in [2.05, 4.69) is 5.16 Å². The van der Waals surface area contributed by atoms with E-state index in [1.807, 2.05) is 6.07 Å². The number of nitrogens with two attached hydrogens (primary N) is 1. The minimum atomic E-state index is 0.357. The Morgan fingerprint density at radius 3 is 2.35 bits per heavy atom. The van der Waals surface area contributed by atoms with Gasteiger partial charge in [-0.1, -0.05) is 53.7 Å². The number of anilines is 1. The molecule has 1 saturated carbocycles. The van der Waals surface area contributed by atoms with Crippen LogP contribution in [0.2, 0.25) is 10.0 Å². The first-order chi connectivity index (χ1) is 9.68. The van der Waals surface area contributed by atoms with Gasteiger partial charge in [-0.05, 0) is 25.0 Å². The second kappa shape index (κ2) is 5.66. The van der Waals surface area contributed by atoms with Crippen LogP contribution in [0.25, 0.3) is 11.1 Å². The molecule has 2 N–H and O–H groups in total. The molecule has 20 heavy (non-hydrogen) atoms. The number of benzene rings is 1. The first-order valence-electron chi connectivity index (χ1n) is 6.88. The molecule has 1 aliphatic rings. The molecule has 0 amide bonds. The first kappa shape index (κ1) is 13.8. The normalized spacial score (nSPS) is 16.5. The molecule has 0 unspecified atom stereocenters. The van der Waals surface area contributed by atoms with Crippen LogP contribution in [0.15, 0.2) is 22.7 Å². The lowest BCUT2D eigenvalue weighted by Crippen LogP contribution is -2.05. The van der Waals surface area contributed by atoms with Gasteiger partial charge in [-0.3, -0.25) is 0 Å². The zero-order valence-electron chi connectivity index (χ0n) is 11.0. The minimum Gasteiger partial charge on any atom is -0.380 e. The van der Waals surface area contributed by atoms with Crippen molar-refractivity contribution in [3.05, 3.63) is 34.0 Å². The molecule has 0 aliphatic heterocycles. The highest BCUT2D eigenvalue weighted by Gasteiger charge is 2.27. The lowest BCUT2D eigenvalue weighted by Gasteiger charge is -2.20. The van der Waals surface area contributed by atoms with Crippen LogP contribution >= 0.6 is 23.2 Å². The zero-order valence-corrected chi connectivity index (χ0v) is 12.5. The highest BCUT2D eigenvalue weighted by atomic mass is 35.5. The fourth-order valence-corrected chi connectivity index (χ4v) is 3.53. The summed E-state index contributed by atoms with van der Waals surface area (Å²) >= 11 is 12.6. The predicted octanol–water partition coefficient (Wildman–Crippen LogP) is 5.28. The van der Waals surface area contributed by atoms with Crippen LogP contribution in [0, 0.1) is 0 Å². The minimum absolute atomic E-state index is 0.357. The summed E-state index contributed by atoms with van der Waals surface area (Å²) in [5.74, 6) is 1.55. The Hall–Kier alpha value is -1.19. The van der Waals surface area contributed by atoms with Gasteiger partial charge in [0.1, 0.15) is 5.76 Å². The molecule has 1 aromatic heterocycles. The number of hydrogen-bond donors (Lipinski definition) is 1. The molecule has 0 bridgehead atoms. The Morgan fingerprint density at radius 2 is 1.70 bits per heavy atom. The Balaban J connectivity index is 2.11. The van der Waals surface area contributed by atoms with Gasteiger partial charge in [0, 0.05) is 11.5 Å². The van der Waals surface area contributed by atoms with Crippen molar-refractivity contribution < 1.29 is 4.52 Å². The van der Waals surface area contributed by atoms with Gasteiger partial charge in [0.15, 0.2) is 5.82 Å². The van der Waals surface area contributed by atoms with Crippen molar-refractivity contribution in [3.8, 4) is 11.1 Å². The van der Waals surface area contributed by atoms with Crippen molar-refractivity contribution in [2.45, 2.75) is 38.0 Å². The first-order valence-corrected chi connectivity index (χ1v) is 7.63. The van der Waals surface area contributed by atoms with E-state index >= 15 is 0 Å². The molecule has 1 aromatic carbocycles. The molecule has 1 fully saturated rings. The smallest absolute Gasteiger partial charge is 0.175 e. The number of hydrogen-bond acceptors (Lipinski definition) is 3. The topological polar surface area (TPSA) is 52.0 Å². The fourth-order valence-electron chi connectivity index (χ4n) is 2.95. The van der Waals surface area contributed by atoms with Gasteiger partial charge in [0.05, 0.1) is 15.6 Å². The molecule has 5 heteroatoms. The van der Waals surface area contributed by atoms with E-state index in [9.17, 15) is 0 Å². The second-order valence-corrected chi connectivity index (χ2v) is 6.05. The van der Waals surface area contributed by atoms with E-state index in [1.165, 1.54) is 19.3 Å². The van der Waals surface area contributed by atoms with Crippen molar-refractivity contribution in [1.29, 1.82) is 0 Å². The molecular formula is C15H16Cl2N2O. The van der Waals surface area contributed by atoms with Gasteiger partial charge < -0.3 is 10.3 Å². The average molecular weight is 311 g/mol. The van der Waals surface area contributed by atoms with E-state index in [-0.39, 0.29) is 0 Å².